The number of amides is 3. The van der Waals surface area contributed by atoms with Crippen molar-refractivity contribution < 1.29 is 14.4 Å². The molecule has 6 heteroatoms. The molecule has 2 saturated heterocycles. The van der Waals surface area contributed by atoms with Crippen LogP contribution in [0.25, 0.3) is 0 Å². The van der Waals surface area contributed by atoms with Gasteiger partial charge >= 0.3 is 0 Å². The lowest BCUT2D eigenvalue weighted by molar-refractivity contribution is -0.142. The maximum Gasteiger partial charge on any atom is 0.250 e. The Morgan fingerprint density at radius 3 is 2.44 bits per heavy atom. The molecule has 0 aliphatic carbocycles. The Labute approximate surface area is 188 Å². The summed E-state index contributed by atoms with van der Waals surface area (Å²) in [4.78, 5) is 42.1. The Hall–Kier alpha value is -2.99. The molecule has 2 aromatic rings. The van der Waals surface area contributed by atoms with Crippen molar-refractivity contribution in [2.45, 2.75) is 45.2 Å². The number of likely N-dealkylation sites (tertiary alicyclic amines) is 1. The van der Waals surface area contributed by atoms with Crippen molar-refractivity contribution in [2.75, 3.05) is 11.9 Å². The molecule has 0 radical (unpaired) electrons. The van der Waals surface area contributed by atoms with Crippen molar-refractivity contribution in [1.82, 2.24) is 10.2 Å². The first-order valence-corrected chi connectivity index (χ1v) is 11.5. The molecule has 0 bridgehead atoms. The van der Waals surface area contributed by atoms with E-state index in [1.807, 2.05) is 62.4 Å². The fourth-order valence-electron chi connectivity index (χ4n) is 5.74. The number of imide groups is 1. The zero-order valence-electron chi connectivity index (χ0n) is 18.7. The van der Waals surface area contributed by atoms with Gasteiger partial charge in [-0.05, 0) is 36.0 Å². The minimum Gasteiger partial charge on any atom is -0.324 e. The van der Waals surface area contributed by atoms with Gasteiger partial charge in [0, 0.05) is 23.8 Å². The van der Waals surface area contributed by atoms with Gasteiger partial charge in [-0.3, -0.25) is 24.6 Å². The lowest BCUT2D eigenvalue weighted by Gasteiger charge is -2.30. The molecular formula is C26H29N3O3. The highest BCUT2D eigenvalue weighted by Gasteiger charge is 2.70. The number of fused-ring (bicyclic) bond motifs is 4. The predicted octanol–water partition coefficient (Wildman–Crippen LogP) is 2.87. The first-order valence-electron chi connectivity index (χ1n) is 11.5. The molecule has 2 aromatic carbocycles. The van der Waals surface area contributed by atoms with Gasteiger partial charge in [-0.1, -0.05) is 63.2 Å². The Kier molecular flexibility index (Phi) is 4.93. The molecule has 5 rings (SSSR count). The van der Waals surface area contributed by atoms with Gasteiger partial charge in [0.1, 0.15) is 5.54 Å². The summed E-state index contributed by atoms with van der Waals surface area (Å²) in [6.45, 7) is 6.47. The smallest absolute Gasteiger partial charge is 0.250 e. The lowest BCUT2D eigenvalue weighted by atomic mass is 9.75. The fourth-order valence-corrected chi connectivity index (χ4v) is 5.74. The van der Waals surface area contributed by atoms with Crippen LogP contribution < -0.4 is 10.6 Å². The zero-order chi connectivity index (χ0) is 22.6. The van der Waals surface area contributed by atoms with Crippen molar-refractivity contribution in [2.24, 2.45) is 17.8 Å². The third-order valence-corrected chi connectivity index (χ3v) is 7.40. The van der Waals surface area contributed by atoms with E-state index < -0.39 is 17.4 Å². The molecule has 4 atom stereocenters. The SMILES string of the molecule is CCc1ccc2c(c1)C1(NC(C(C)C)C3C(=O)N(CCc4ccccc4)C(=O)C31)C(=O)N2. The summed E-state index contributed by atoms with van der Waals surface area (Å²) in [5.41, 5.74) is 2.50. The molecule has 6 nitrogen and oxygen atoms in total. The zero-order valence-corrected chi connectivity index (χ0v) is 18.7. The van der Waals surface area contributed by atoms with Crippen LogP contribution in [0.3, 0.4) is 0 Å². The van der Waals surface area contributed by atoms with Gasteiger partial charge in [0.25, 0.3) is 0 Å². The highest BCUT2D eigenvalue weighted by atomic mass is 16.2. The minimum atomic E-state index is -1.20. The summed E-state index contributed by atoms with van der Waals surface area (Å²) in [5.74, 6) is -1.81. The average Bonchev–Trinajstić information content (AvgIpc) is 3.38. The molecule has 2 N–H and O–H groups in total. The van der Waals surface area contributed by atoms with Crippen LogP contribution >= 0.6 is 0 Å². The number of hydrogen-bond acceptors (Lipinski definition) is 4. The van der Waals surface area contributed by atoms with Gasteiger partial charge in [0.2, 0.25) is 17.7 Å². The second-order valence-electron chi connectivity index (χ2n) is 9.48. The summed E-state index contributed by atoms with van der Waals surface area (Å²) in [6.07, 6.45) is 1.43. The van der Waals surface area contributed by atoms with Gasteiger partial charge in [-0.25, -0.2) is 0 Å². The summed E-state index contributed by atoms with van der Waals surface area (Å²) in [6, 6.07) is 15.5. The summed E-state index contributed by atoms with van der Waals surface area (Å²) in [5, 5.41) is 6.48. The van der Waals surface area contributed by atoms with Crippen LogP contribution in [0.5, 0.6) is 0 Å². The largest absolute Gasteiger partial charge is 0.324 e. The highest BCUT2D eigenvalue weighted by molar-refractivity contribution is 6.15. The Balaban J connectivity index is 1.56. The van der Waals surface area contributed by atoms with Crippen molar-refractivity contribution in [3.63, 3.8) is 0 Å². The third kappa shape index (κ3) is 2.85. The van der Waals surface area contributed by atoms with E-state index in [1.165, 1.54) is 4.90 Å². The third-order valence-electron chi connectivity index (χ3n) is 7.40. The van der Waals surface area contributed by atoms with Crippen LogP contribution in [0.15, 0.2) is 48.5 Å². The van der Waals surface area contributed by atoms with Crippen molar-refractivity contribution in [3.8, 4) is 0 Å². The minimum absolute atomic E-state index is 0.0962. The molecule has 3 aliphatic rings. The standard InChI is InChI=1S/C26H29N3O3/c1-4-16-10-11-19-18(14-16)26(25(32)27-19)21-20(22(28-26)15(2)3)23(30)29(24(21)31)13-12-17-8-6-5-7-9-17/h5-11,14-15,20-22,28H,4,12-13H2,1-3H3,(H,27,32). The Bertz CT molecular complexity index is 1100. The summed E-state index contributed by atoms with van der Waals surface area (Å²) < 4.78 is 0. The molecule has 3 heterocycles. The van der Waals surface area contributed by atoms with E-state index in [4.69, 9.17) is 0 Å². The van der Waals surface area contributed by atoms with Crippen molar-refractivity contribution >= 4 is 23.4 Å². The number of benzene rings is 2. The molecule has 1 spiro atoms. The topological polar surface area (TPSA) is 78.5 Å². The molecule has 166 valence electrons. The first-order chi connectivity index (χ1) is 15.4. The maximum atomic E-state index is 13.7. The van der Waals surface area contributed by atoms with E-state index in [0.29, 0.717) is 13.0 Å². The number of hydrogen-bond donors (Lipinski definition) is 2. The number of aryl methyl sites for hydroxylation is 1. The number of nitrogens with one attached hydrogen (secondary N) is 2. The van der Waals surface area contributed by atoms with E-state index >= 15 is 0 Å². The van der Waals surface area contributed by atoms with Crippen LogP contribution in [-0.4, -0.2) is 35.2 Å². The molecule has 3 amide bonds. The number of carbonyl (C=O) groups is 3. The molecular weight excluding hydrogens is 402 g/mol. The summed E-state index contributed by atoms with van der Waals surface area (Å²) >= 11 is 0. The normalized spacial score (nSPS) is 28.6. The molecule has 0 saturated carbocycles. The van der Waals surface area contributed by atoms with Gasteiger partial charge in [-0.15, -0.1) is 0 Å². The lowest BCUT2D eigenvalue weighted by Crippen LogP contribution is -2.54. The van der Waals surface area contributed by atoms with Crippen LogP contribution in [0.4, 0.5) is 5.69 Å². The Morgan fingerprint density at radius 2 is 1.75 bits per heavy atom. The predicted molar refractivity (Wildman–Crippen MR) is 122 cm³/mol. The maximum absolute atomic E-state index is 13.7. The van der Waals surface area contributed by atoms with E-state index in [2.05, 4.69) is 17.6 Å². The highest BCUT2D eigenvalue weighted by Crippen LogP contribution is 2.54. The van der Waals surface area contributed by atoms with E-state index in [-0.39, 0.29) is 29.7 Å². The monoisotopic (exact) mass is 431 g/mol. The van der Waals surface area contributed by atoms with Crippen LogP contribution in [-0.2, 0) is 32.8 Å². The average molecular weight is 432 g/mol. The molecule has 0 aromatic heterocycles. The number of nitrogens with zero attached hydrogens (tertiary/aromatic N) is 1. The van der Waals surface area contributed by atoms with Gasteiger partial charge < -0.3 is 5.32 Å². The van der Waals surface area contributed by atoms with Crippen LogP contribution in [0.2, 0.25) is 0 Å². The quantitative estimate of drug-likeness (QED) is 0.714. The summed E-state index contributed by atoms with van der Waals surface area (Å²) in [7, 11) is 0. The second kappa shape index (κ2) is 7.55. The molecule has 32 heavy (non-hydrogen) atoms. The fraction of sp³-hybridized carbons (Fsp3) is 0.423. The van der Waals surface area contributed by atoms with E-state index in [1.54, 1.807) is 0 Å². The molecule has 2 fully saturated rings. The number of carbonyl (C=O) groups excluding carboxylic acids is 3. The first kappa shape index (κ1) is 20.9. The van der Waals surface area contributed by atoms with Gasteiger partial charge in [0.05, 0.1) is 11.8 Å². The van der Waals surface area contributed by atoms with E-state index in [9.17, 15) is 14.4 Å². The molecule has 3 aliphatic heterocycles. The van der Waals surface area contributed by atoms with Crippen LogP contribution in [0, 0.1) is 17.8 Å². The molecule has 4 unspecified atom stereocenters. The van der Waals surface area contributed by atoms with E-state index in [0.717, 1.165) is 28.8 Å². The van der Waals surface area contributed by atoms with Crippen LogP contribution in [0.1, 0.15) is 37.5 Å². The second-order valence-corrected chi connectivity index (χ2v) is 9.48. The number of rotatable bonds is 5. The van der Waals surface area contributed by atoms with Crippen molar-refractivity contribution in [3.05, 3.63) is 65.2 Å². The Morgan fingerprint density at radius 1 is 1.00 bits per heavy atom. The van der Waals surface area contributed by atoms with Crippen molar-refractivity contribution in [1.29, 1.82) is 0 Å². The van der Waals surface area contributed by atoms with Gasteiger partial charge in [0.15, 0.2) is 0 Å². The number of anilines is 1. The van der Waals surface area contributed by atoms with Gasteiger partial charge in [-0.2, -0.15) is 0 Å².